The first-order valence-electron chi connectivity index (χ1n) is 9.80. The smallest absolute Gasteiger partial charge is 0.288 e. The number of hydrazine groups is 1. The van der Waals surface area contributed by atoms with Gasteiger partial charge in [0.25, 0.3) is 5.91 Å². The fraction of sp³-hybridized carbons (Fsp3) is 0.300. The number of pyridine rings is 1. The summed E-state index contributed by atoms with van der Waals surface area (Å²) < 4.78 is 34.0. The Bertz CT molecular complexity index is 1280. The lowest BCUT2D eigenvalue weighted by atomic mass is 10.1. The number of aromatic nitrogens is 3. The van der Waals surface area contributed by atoms with E-state index in [-0.39, 0.29) is 34.9 Å². The Balaban J connectivity index is 1.49. The van der Waals surface area contributed by atoms with Crippen LogP contribution in [0.25, 0.3) is 10.6 Å². The molecule has 2 aromatic heterocycles. The Morgan fingerprint density at radius 2 is 1.97 bits per heavy atom. The molecule has 1 aromatic carbocycles. The summed E-state index contributed by atoms with van der Waals surface area (Å²) in [5.74, 6) is -2.50. The van der Waals surface area contributed by atoms with Gasteiger partial charge in [-0.15, -0.1) is 10.2 Å². The number of benzene rings is 1. The molecular weight excluding hydrogens is 444 g/mol. The fourth-order valence-electron chi connectivity index (χ4n) is 3.76. The van der Waals surface area contributed by atoms with Gasteiger partial charge in [-0.05, 0) is 11.6 Å². The minimum Gasteiger partial charge on any atom is -0.503 e. The highest BCUT2D eigenvalue weighted by Gasteiger charge is 2.35. The molecule has 2 aliphatic rings. The molecule has 0 radical (unpaired) electrons. The van der Waals surface area contributed by atoms with E-state index in [0.29, 0.717) is 31.3 Å². The highest BCUT2D eigenvalue weighted by atomic mass is 32.1. The molecule has 2 aliphatic heterocycles. The minimum absolute atomic E-state index is 0.0727. The normalized spacial score (nSPS) is 16.6. The van der Waals surface area contributed by atoms with Gasteiger partial charge in [0.05, 0.1) is 32.0 Å². The molecule has 5 rings (SSSR count). The molecule has 0 saturated carbocycles. The van der Waals surface area contributed by atoms with E-state index in [4.69, 9.17) is 4.74 Å². The maximum atomic E-state index is 14.0. The fourth-order valence-corrected chi connectivity index (χ4v) is 4.63. The number of halogens is 2. The second kappa shape index (κ2) is 8.04. The molecule has 3 aromatic rings. The van der Waals surface area contributed by atoms with Gasteiger partial charge in [-0.3, -0.25) is 14.6 Å². The summed E-state index contributed by atoms with van der Waals surface area (Å²) in [6.07, 6.45) is 1.55. The quantitative estimate of drug-likeness (QED) is 0.632. The van der Waals surface area contributed by atoms with E-state index in [1.54, 1.807) is 5.01 Å². The third kappa shape index (κ3) is 3.55. The van der Waals surface area contributed by atoms with Crippen molar-refractivity contribution in [3.63, 3.8) is 0 Å². The molecule has 1 N–H and O–H groups in total. The van der Waals surface area contributed by atoms with Gasteiger partial charge in [-0.2, -0.15) is 5.01 Å². The van der Waals surface area contributed by atoms with Gasteiger partial charge >= 0.3 is 0 Å². The molecular formula is C20H17F2N5O4S. The average molecular weight is 461 g/mol. The van der Waals surface area contributed by atoms with Crippen molar-refractivity contribution in [2.75, 3.05) is 26.3 Å². The van der Waals surface area contributed by atoms with E-state index in [9.17, 15) is 23.5 Å². The molecule has 12 heteroatoms. The van der Waals surface area contributed by atoms with Crippen LogP contribution < -0.4 is 5.43 Å². The van der Waals surface area contributed by atoms with Gasteiger partial charge in [-0.1, -0.05) is 17.4 Å². The van der Waals surface area contributed by atoms with Crippen molar-refractivity contribution >= 4 is 17.2 Å². The van der Waals surface area contributed by atoms with Crippen LogP contribution >= 0.6 is 11.3 Å². The molecule has 1 amide bonds. The van der Waals surface area contributed by atoms with Crippen molar-refractivity contribution in [1.82, 2.24) is 24.8 Å². The number of carbonyl (C=O) groups excluding carboxylic acids is 1. The standard InChI is InChI=1S/C20H17F2N5O4S/c21-12-2-1-11(14(22)8-12)7-15-23-24-19(32-15)13-9-25-10-26-3-5-31-6-4-27(26)20(30)16(25)18(29)17(13)28/h1-2,8-9,29H,3-7,10H2. The number of amides is 1. The number of carbonyl (C=O) groups is 1. The molecule has 0 atom stereocenters. The van der Waals surface area contributed by atoms with Crippen LogP contribution in [0.2, 0.25) is 0 Å². The van der Waals surface area contributed by atoms with Crippen LogP contribution in [0.4, 0.5) is 8.78 Å². The monoisotopic (exact) mass is 461 g/mol. The summed E-state index contributed by atoms with van der Waals surface area (Å²) in [5, 5.41) is 22.5. The number of ether oxygens (including phenoxy) is 1. The number of hydrogen-bond donors (Lipinski definition) is 1. The maximum absolute atomic E-state index is 14.0. The van der Waals surface area contributed by atoms with Crippen molar-refractivity contribution in [2.45, 2.75) is 13.1 Å². The summed E-state index contributed by atoms with van der Waals surface area (Å²) in [6.45, 7) is 1.89. The highest BCUT2D eigenvalue weighted by molar-refractivity contribution is 7.14. The summed E-state index contributed by atoms with van der Waals surface area (Å²) >= 11 is 1.06. The van der Waals surface area contributed by atoms with Gasteiger partial charge < -0.3 is 14.4 Å². The van der Waals surface area contributed by atoms with Gasteiger partial charge in [0.15, 0.2) is 16.5 Å². The van der Waals surface area contributed by atoms with Crippen LogP contribution in [-0.2, 0) is 17.8 Å². The highest BCUT2D eigenvalue weighted by Crippen LogP contribution is 2.29. The van der Waals surface area contributed by atoms with Crippen molar-refractivity contribution in [1.29, 1.82) is 0 Å². The zero-order valence-corrected chi connectivity index (χ0v) is 17.4. The van der Waals surface area contributed by atoms with Crippen LogP contribution in [0.5, 0.6) is 5.75 Å². The second-order valence-corrected chi connectivity index (χ2v) is 8.43. The number of rotatable bonds is 3. The zero-order chi connectivity index (χ0) is 22.4. The minimum atomic E-state index is -0.736. The maximum Gasteiger partial charge on any atom is 0.288 e. The SMILES string of the molecule is O=C1c2c(O)c(=O)c(-c3nnc(Cc4ccc(F)cc4F)s3)cn2CN2CCOCCN12. The number of aromatic hydroxyl groups is 1. The lowest BCUT2D eigenvalue weighted by Gasteiger charge is -2.38. The van der Waals surface area contributed by atoms with E-state index in [1.807, 2.05) is 0 Å². The van der Waals surface area contributed by atoms with Crippen LogP contribution in [0.15, 0.2) is 29.2 Å². The lowest BCUT2D eigenvalue weighted by molar-refractivity contribution is -0.0349. The van der Waals surface area contributed by atoms with Gasteiger partial charge in [0.1, 0.15) is 16.6 Å². The van der Waals surface area contributed by atoms with E-state index in [1.165, 1.54) is 21.8 Å². The molecule has 0 spiro atoms. The first-order valence-corrected chi connectivity index (χ1v) is 10.6. The summed E-state index contributed by atoms with van der Waals surface area (Å²) in [7, 11) is 0. The third-order valence-electron chi connectivity index (χ3n) is 5.35. The molecule has 32 heavy (non-hydrogen) atoms. The molecule has 166 valence electrons. The average Bonchev–Trinajstić information content (AvgIpc) is 3.09. The summed E-state index contributed by atoms with van der Waals surface area (Å²) in [4.78, 5) is 25.7. The van der Waals surface area contributed by atoms with Gasteiger partial charge in [0.2, 0.25) is 5.43 Å². The largest absolute Gasteiger partial charge is 0.503 e. The Hall–Kier alpha value is -3.22. The molecule has 0 bridgehead atoms. The molecule has 0 unspecified atom stereocenters. The summed E-state index contributed by atoms with van der Waals surface area (Å²) in [5.41, 5.74) is -0.495. The Kier molecular flexibility index (Phi) is 5.19. The second-order valence-electron chi connectivity index (χ2n) is 7.36. The predicted octanol–water partition coefficient (Wildman–Crippen LogP) is 1.60. The van der Waals surface area contributed by atoms with Crippen molar-refractivity contribution < 1.29 is 23.4 Å². The number of fused-ring (bicyclic) bond motifs is 2. The van der Waals surface area contributed by atoms with Crippen molar-refractivity contribution in [3.8, 4) is 16.3 Å². The van der Waals surface area contributed by atoms with Gasteiger partial charge in [0, 0.05) is 25.2 Å². The first-order chi connectivity index (χ1) is 15.4. The van der Waals surface area contributed by atoms with E-state index >= 15 is 0 Å². The topological polar surface area (TPSA) is 101 Å². The predicted molar refractivity (Wildman–Crippen MR) is 109 cm³/mol. The van der Waals surface area contributed by atoms with E-state index < -0.39 is 28.7 Å². The lowest BCUT2D eigenvalue weighted by Crippen LogP contribution is -2.53. The molecule has 4 heterocycles. The van der Waals surface area contributed by atoms with Crippen LogP contribution in [0.3, 0.4) is 0 Å². The Labute approximate surface area is 184 Å². The van der Waals surface area contributed by atoms with Crippen LogP contribution in [0.1, 0.15) is 21.1 Å². The van der Waals surface area contributed by atoms with Crippen LogP contribution in [0, 0.1) is 11.6 Å². The zero-order valence-electron chi connectivity index (χ0n) is 16.6. The molecule has 9 nitrogen and oxygen atoms in total. The Morgan fingerprint density at radius 3 is 2.78 bits per heavy atom. The van der Waals surface area contributed by atoms with Crippen molar-refractivity contribution in [3.05, 3.63) is 62.5 Å². The summed E-state index contributed by atoms with van der Waals surface area (Å²) in [6, 6.07) is 3.27. The molecule has 1 saturated heterocycles. The van der Waals surface area contributed by atoms with E-state index in [2.05, 4.69) is 10.2 Å². The number of nitrogens with zero attached hydrogens (tertiary/aromatic N) is 5. The number of hydrogen-bond acceptors (Lipinski definition) is 8. The molecule has 1 fully saturated rings. The van der Waals surface area contributed by atoms with E-state index in [0.717, 1.165) is 23.5 Å². The molecule has 0 aliphatic carbocycles. The van der Waals surface area contributed by atoms with Crippen molar-refractivity contribution in [2.24, 2.45) is 0 Å². The third-order valence-corrected chi connectivity index (χ3v) is 6.30. The van der Waals surface area contributed by atoms with Gasteiger partial charge in [-0.25, -0.2) is 8.78 Å². The first kappa shape index (κ1) is 20.7. The van der Waals surface area contributed by atoms with Crippen LogP contribution in [-0.4, -0.2) is 62.1 Å². The Morgan fingerprint density at radius 1 is 1.16 bits per heavy atom.